The highest BCUT2D eigenvalue weighted by molar-refractivity contribution is 5.03. The maximum absolute atomic E-state index is 11.5. The largest absolute Gasteiger partial charge is 0.325 e. The summed E-state index contributed by atoms with van der Waals surface area (Å²) in [5.74, 6) is 0. The quantitative estimate of drug-likeness (QED) is 0.294. The van der Waals surface area contributed by atoms with Crippen molar-refractivity contribution in [3.8, 4) is 0 Å². The molecule has 0 bridgehead atoms. The number of nitrogens with one attached hydrogen (secondary N) is 6. The molecule has 130 valence electrons. The summed E-state index contributed by atoms with van der Waals surface area (Å²) < 4.78 is 0. The maximum Gasteiger partial charge on any atom is 0.325 e. The first-order chi connectivity index (χ1) is 11.6. The van der Waals surface area contributed by atoms with Gasteiger partial charge in [-0.1, -0.05) is 0 Å². The van der Waals surface area contributed by atoms with Crippen LogP contribution < -0.4 is 33.1 Å². The van der Waals surface area contributed by atoms with Gasteiger partial charge in [0, 0.05) is 36.6 Å². The van der Waals surface area contributed by atoms with Crippen molar-refractivity contribution in [2.24, 2.45) is 0 Å². The van der Waals surface area contributed by atoms with Crippen LogP contribution in [0.5, 0.6) is 0 Å². The lowest BCUT2D eigenvalue weighted by atomic mass is 10.2. The predicted molar refractivity (Wildman–Crippen MR) is 88.0 cm³/mol. The van der Waals surface area contributed by atoms with E-state index in [1.807, 2.05) is 0 Å². The molecule has 0 aromatic carbocycles. The first-order valence-electron chi connectivity index (χ1n) is 7.59. The van der Waals surface area contributed by atoms with Crippen LogP contribution in [0.1, 0.15) is 24.0 Å². The van der Waals surface area contributed by atoms with Crippen LogP contribution in [0, 0.1) is 0 Å². The molecule has 0 aliphatic heterocycles. The minimum atomic E-state index is -0.517. The molecular formula is C14H20N6O4. The van der Waals surface area contributed by atoms with Crippen LogP contribution in [-0.4, -0.2) is 33.0 Å². The van der Waals surface area contributed by atoms with Crippen LogP contribution in [-0.2, 0) is 13.1 Å². The van der Waals surface area contributed by atoms with E-state index in [4.69, 9.17) is 0 Å². The van der Waals surface area contributed by atoms with Crippen LogP contribution >= 0.6 is 0 Å². The van der Waals surface area contributed by atoms with Gasteiger partial charge in [0.15, 0.2) is 0 Å². The molecule has 0 spiro atoms. The van der Waals surface area contributed by atoms with Gasteiger partial charge in [-0.25, -0.2) is 9.59 Å². The SMILES string of the molecule is O=c1[nH]cc(CNCCCCNCc2c[nH]c(=O)[nH]c2=O)c(=O)[nH]1. The van der Waals surface area contributed by atoms with Crippen LogP contribution in [0.3, 0.4) is 0 Å². The molecule has 0 aliphatic rings. The van der Waals surface area contributed by atoms with E-state index in [2.05, 4.69) is 30.6 Å². The second-order valence-corrected chi connectivity index (χ2v) is 5.25. The third-order valence-corrected chi connectivity index (χ3v) is 3.38. The second kappa shape index (κ2) is 8.79. The monoisotopic (exact) mass is 336 g/mol. The summed E-state index contributed by atoms with van der Waals surface area (Å²) in [6, 6.07) is 0. The zero-order valence-corrected chi connectivity index (χ0v) is 13.0. The highest BCUT2D eigenvalue weighted by Gasteiger charge is 2.00. The van der Waals surface area contributed by atoms with Crippen molar-refractivity contribution in [2.75, 3.05) is 13.1 Å². The molecule has 6 N–H and O–H groups in total. The van der Waals surface area contributed by atoms with Gasteiger partial charge in [0.1, 0.15) is 0 Å². The Kier molecular flexibility index (Phi) is 6.46. The average molecular weight is 336 g/mol. The number of aromatic amines is 4. The first kappa shape index (κ1) is 17.6. The van der Waals surface area contributed by atoms with E-state index in [-0.39, 0.29) is 11.1 Å². The maximum atomic E-state index is 11.5. The molecule has 0 unspecified atom stereocenters. The second-order valence-electron chi connectivity index (χ2n) is 5.25. The summed E-state index contributed by atoms with van der Waals surface area (Å²) in [6.45, 7) is 2.21. The normalized spacial score (nSPS) is 10.8. The molecule has 0 saturated carbocycles. The Bertz CT molecular complexity index is 804. The molecule has 2 rings (SSSR count). The standard InChI is InChI=1S/C14H20N6O4/c21-11-9(7-17-13(23)19-11)5-15-3-1-2-4-16-6-10-8-18-14(24)20-12(10)22/h7-8,15-16H,1-6H2,(H2,17,19,21,23)(H2,18,20,22,24). The first-order valence-corrected chi connectivity index (χ1v) is 7.59. The molecule has 0 saturated heterocycles. The number of hydrogen-bond donors (Lipinski definition) is 6. The van der Waals surface area contributed by atoms with Crippen molar-refractivity contribution < 1.29 is 0 Å². The van der Waals surface area contributed by atoms with E-state index in [9.17, 15) is 19.2 Å². The molecule has 2 heterocycles. The fourth-order valence-corrected chi connectivity index (χ4v) is 2.08. The lowest BCUT2D eigenvalue weighted by Gasteiger charge is -2.05. The van der Waals surface area contributed by atoms with Crippen LogP contribution in [0.2, 0.25) is 0 Å². The van der Waals surface area contributed by atoms with Crippen LogP contribution in [0.15, 0.2) is 31.6 Å². The van der Waals surface area contributed by atoms with Crippen molar-refractivity contribution in [3.63, 3.8) is 0 Å². The van der Waals surface area contributed by atoms with E-state index < -0.39 is 11.4 Å². The van der Waals surface area contributed by atoms with Gasteiger partial charge < -0.3 is 20.6 Å². The van der Waals surface area contributed by atoms with E-state index in [0.29, 0.717) is 24.2 Å². The Hall–Kier alpha value is -2.72. The van der Waals surface area contributed by atoms with Crippen molar-refractivity contribution in [3.05, 3.63) is 65.2 Å². The Morgan fingerprint density at radius 2 is 1.12 bits per heavy atom. The topological polar surface area (TPSA) is 155 Å². The van der Waals surface area contributed by atoms with Crippen molar-refractivity contribution in [2.45, 2.75) is 25.9 Å². The molecule has 0 fully saturated rings. The van der Waals surface area contributed by atoms with Crippen LogP contribution in [0.25, 0.3) is 0 Å². The molecule has 10 nitrogen and oxygen atoms in total. The lowest BCUT2D eigenvalue weighted by Crippen LogP contribution is -2.29. The molecule has 10 heteroatoms. The minimum absolute atomic E-state index is 0.381. The molecule has 24 heavy (non-hydrogen) atoms. The molecule has 0 atom stereocenters. The zero-order valence-electron chi connectivity index (χ0n) is 13.0. The predicted octanol–water partition coefficient (Wildman–Crippen LogP) is -1.90. The Morgan fingerprint density at radius 3 is 1.50 bits per heavy atom. The Morgan fingerprint density at radius 1 is 0.708 bits per heavy atom. The third-order valence-electron chi connectivity index (χ3n) is 3.38. The van der Waals surface area contributed by atoms with Gasteiger partial charge in [-0.15, -0.1) is 0 Å². The van der Waals surface area contributed by atoms with Gasteiger partial charge in [-0.3, -0.25) is 19.6 Å². The Labute approximate surface area is 135 Å². The molecule has 2 aromatic heterocycles. The number of hydrogen-bond acceptors (Lipinski definition) is 6. The number of unbranched alkanes of at least 4 members (excludes halogenated alkanes) is 1. The number of aromatic nitrogens is 4. The summed E-state index contributed by atoms with van der Waals surface area (Å²) in [7, 11) is 0. The summed E-state index contributed by atoms with van der Waals surface area (Å²) in [6.07, 6.45) is 4.57. The molecule has 0 amide bonds. The van der Waals surface area contributed by atoms with Gasteiger partial charge >= 0.3 is 11.4 Å². The molecular weight excluding hydrogens is 316 g/mol. The highest BCUT2D eigenvalue weighted by Crippen LogP contribution is 1.89. The van der Waals surface area contributed by atoms with E-state index in [1.54, 1.807) is 0 Å². The van der Waals surface area contributed by atoms with Crippen molar-refractivity contribution >= 4 is 0 Å². The van der Waals surface area contributed by atoms with Crippen molar-refractivity contribution in [1.82, 2.24) is 30.6 Å². The lowest BCUT2D eigenvalue weighted by molar-refractivity contribution is 0.578. The molecule has 2 aromatic rings. The summed E-state index contributed by atoms with van der Waals surface area (Å²) >= 11 is 0. The smallest absolute Gasteiger partial charge is 0.314 e. The molecule has 0 radical (unpaired) electrons. The Balaban J connectivity index is 1.58. The van der Waals surface area contributed by atoms with E-state index in [0.717, 1.165) is 25.9 Å². The number of H-pyrrole nitrogens is 4. The number of rotatable bonds is 9. The summed E-state index contributed by atoms with van der Waals surface area (Å²) in [5.41, 5.74) is -0.861. The fourth-order valence-electron chi connectivity index (χ4n) is 2.08. The van der Waals surface area contributed by atoms with Crippen molar-refractivity contribution in [1.29, 1.82) is 0 Å². The van der Waals surface area contributed by atoms with Gasteiger partial charge in [0.25, 0.3) is 11.1 Å². The highest BCUT2D eigenvalue weighted by atomic mass is 16.2. The molecule has 0 aliphatic carbocycles. The third kappa shape index (κ3) is 5.48. The van der Waals surface area contributed by atoms with Gasteiger partial charge in [-0.05, 0) is 25.9 Å². The zero-order chi connectivity index (χ0) is 17.4. The summed E-state index contributed by atoms with van der Waals surface area (Å²) in [4.78, 5) is 53.8. The van der Waals surface area contributed by atoms with Gasteiger partial charge in [-0.2, -0.15) is 0 Å². The van der Waals surface area contributed by atoms with Crippen LogP contribution in [0.4, 0.5) is 0 Å². The van der Waals surface area contributed by atoms with Gasteiger partial charge in [0.2, 0.25) is 0 Å². The fraction of sp³-hybridized carbons (Fsp3) is 0.429. The van der Waals surface area contributed by atoms with Gasteiger partial charge in [0.05, 0.1) is 0 Å². The summed E-state index contributed by atoms with van der Waals surface area (Å²) in [5, 5.41) is 6.24. The van der Waals surface area contributed by atoms with E-state index >= 15 is 0 Å². The van der Waals surface area contributed by atoms with E-state index in [1.165, 1.54) is 12.4 Å². The average Bonchev–Trinajstić information content (AvgIpc) is 2.53. The minimum Gasteiger partial charge on any atom is -0.314 e.